The first-order valence-corrected chi connectivity index (χ1v) is 6.55. The maximum absolute atomic E-state index is 5.92. The fourth-order valence-electron chi connectivity index (χ4n) is 2.21. The lowest BCUT2D eigenvalue weighted by Crippen LogP contribution is -1.98. The van der Waals surface area contributed by atoms with Crippen molar-refractivity contribution in [3.05, 3.63) is 35.0 Å². The van der Waals surface area contributed by atoms with Crippen molar-refractivity contribution in [1.82, 2.24) is 9.78 Å². The highest BCUT2D eigenvalue weighted by Crippen LogP contribution is 2.24. The number of hydrogen-bond donors (Lipinski definition) is 1. The highest BCUT2D eigenvalue weighted by molar-refractivity contribution is 5.43. The van der Waals surface area contributed by atoms with Gasteiger partial charge in [-0.15, -0.1) is 0 Å². The fourth-order valence-corrected chi connectivity index (χ4v) is 2.21. The van der Waals surface area contributed by atoms with Gasteiger partial charge in [-0.05, 0) is 37.5 Å². The maximum atomic E-state index is 5.92. The molecule has 1 aromatic carbocycles. The zero-order valence-corrected chi connectivity index (χ0v) is 12.4. The summed E-state index contributed by atoms with van der Waals surface area (Å²) in [6, 6.07) is 5.90. The van der Waals surface area contributed by atoms with Crippen LogP contribution < -0.4 is 15.2 Å². The molecule has 0 spiro atoms. The number of ether oxygens (including phenoxy) is 2. The van der Waals surface area contributed by atoms with Crippen molar-refractivity contribution >= 4 is 5.82 Å². The molecule has 2 N–H and O–H groups in total. The number of nitrogens with zero attached hydrogens (tertiary/aromatic N) is 2. The molecule has 0 radical (unpaired) electrons. The third-order valence-corrected chi connectivity index (χ3v) is 3.50. The third-order valence-electron chi connectivity index (χ3n) is 3.50. The minimum atomic E-state index is 0.725. The predicted molar refractivity (Wildman–Crippen MR) is 79.3 cm³/mol. The summed E-state index contributed by atoms with van der Waals surface area (Å²) >= 11 is 0. The van der Waals surface area contributed by atoms with Crippen LogP contribution in [0.4, 0.5) is 5.82 Å². The van der Waals surface area contributed by atoms with Gasteiger partial charge in [-0.1, -0.05) is 0 Å². The molecule has 0 saturated heterocycles. The van der Waals surface area contributed by atoms with Crippen LogP contribution in [0, 0.1) is 6.92 Å². The Morgan fingerprint density at radius 2 is 1.70 bits per heavy atom. The van der Waals surface area contributed by atoms with Crippen LogP contribution in [0.5, 0.6) is 11.5 Å². The van der Waals surface area contributed by atoms with Crippen molar-refractivity contribution in [2.75, 3.05) is 20.0 Å². The molecule has 5 heteroatoms. The smallest absolute Gasteiger partial charge is 0.124 e. The van der Waals surface area contributed by atoms with Gasteiger partial charge in [0, 0.05) is 18.7 Å². The van der Waals surface area contributed by atoms with Crippen molar-refractivity contribution in [2.45, 2.75) is 19.8 Å². The van der Waals surface area contributed by atoms with E-state index in [-0.39, 0.29) is 0 Å². The van der Waals surface area contributed by atoms with Crippen molar-refractivity contribution in [3.63, 3.8) is 0 Å². The Balaban J connectivity index is 2.16. The lowest BCUT2D eigenvalue weighted by atomic mass is 10.1. The van der Waals surface area contributed by atoms with Crippen molar-refractivity contribution in [1.29, 1.82) is 0 Å². The van der Waals surface area contributed by atoms with E-state index in [0.29, 0.717) is 0 Å². The fraction of sp³-hybridized carbons (Fsp3) is 0.400. The van der Waals surface area contributed by atoms with Gasteiger partial charge in [-0.2, -0.15) is 5.10 Å². The Bertz CT molecular complexity index is 583. The minimum absolute atomic E-state index is 0.725. The van der Waals surface area contributed by atoms with E-state index in [1.807, 2.05) is 32.2 Å². The molecule has 2 rings (SSSR count). The van der Waals surface area contributed by atoms with Gasteiger partial charge in [-0.25, -0.2) is 0 Å². The van der Waals surface area contributed by atoms with Gasteiger partial charge in [0.25, 0.3) is 0 Å². The summed E-state index contributed by atoms with van der Waals surface area (Å²) in [4.78, 5) is 0. The lowest BCUT2D eigenvalue weighted by molar-refractivity contribution is 0.393. The average Bonchev–Trinajstić information content (AvgIpc) is 2.71. The van der Waals surface area contributed by atoms with Gasteiger partial charge in [0.1, 0.15) is 17.3 Å². The van der Waals surface area contributed by atoms with Gasteiger partial charge < -0.3 is 15.2 Å². The maximum Gasteiger partial charge on any atom is 0.124 e. The molecular weight excluding hydrogens is 254 g/mol. The highest BCUT2D eigenvalue weighted by atomic mass is 16.5. The number of anilines is 1. The number of nitrogen functional groups attached to an aromatic ring is 1. The first-order valence-electron chi connectivity index (χ1n) is 6.55. The molecule has 1 aromatic heterocycles. The van der Waals surface area contributed by atoms with Crippen LogP contribution in [0.15, 0.2) is 18.2 Å². The first kappa shape index (κ1) is 14.2. The topological polar surface area (TPSA) is 62.3 Å². The Labute approximate surface area is 119 Å². The Morgan fingerprint density at radius 3 is 2.15 bits per heavy atom. The molecule has 0 saturated carbocycles. The third kappa shape index (κ3) is 2.87. The molecule has 1 heterocycles. The number of rotatable bonds is 5. The molecular formula is C15H21N3O2. The van der Waals surface area contributed by atoms with E-state index in [4.69, 9.17) is 15.2 Å². The predicted octanol–water partition coefficient (Wildman–Crippen LogP) is 2.11. The minimum Gasteiger partial charge on any atom is -0.497 e. The Hall–Kier alpha value is -2.17. The number of hydrogen-bond acceptors (Lipinski definition) is 4. The van der Waals surface area contributed by atoms with Crippen molar-refractivity contribution in [2.24, 2.45) is 7.05 Å². The molecule has 0 unspecified atom stereocenters. The number of aryl methyl sites for hydroxylation is 3. The summed E-state index contributed by atoms with van der Waals surface area (Å²) in [5.41, 5.74) is 9.17. The van der Waals surface area contributed by atoms with Crippen LogP contribution in [-0.4, -0.2) is 24.0 Å². The molecule has 108 valence electrons. The van der Waals surface area contributed by atoms with Crippen LogP contribution in [0.25, 0.3) is 0 Å². The van der Waals surface area contributed by atoms with E-state index < -0.39 is 0 Å². The van der Waals surface area contributed by atoms with Gasteiger partial charge in [-0.3, -0.25) is 4.68 Å². The summed E-state index contributed by atoms with van der Waals surface area (Å²) in [5, 5.41) is 4.44. The first-order chi connectivity index (χ1) is 9.55. The van der Waals surface area contributed by atoms with E-state index in [1.165, 1.54) is 0 Å². The largest absolute Gasteiger partial charge is 0.497 e. The Kier molecular flexibility index (Phi) is 4.17. The summed E-state index contributed by atoms with van der Waals surface area (Å²) in [7, 11) is 5.17. The average molecular weight is 275 g/mol. The quantitative estimate of drug-likeness (QED) is 0.908. The van der Waals surface area contributed by atoms with E-state index >= 15 is 0 Å². The summed E-state index contributed by atoms with van der Waals surface area (Å²) in [5.74, 6) is 2.33. The second-order valence-electron chi connectivity index (χ2n) is 4.80. The molecule has 0 amide bonds. The monoisotopic (exact) mass is 275 g/mol. The number of nitrogens with two attached hydrogens (primary N) is 1. The van der Waals surface area contributed by atoms with Crippen molar-refractivity contribution < 1.29 is 9.47 Å². The Morgan fingerprint density at radius 1 is 1.10 bits per heavy atom. The van der Waals surface area contributed by atoms with Gasteiger partial charge in [0.05, 0.1) is 19.9 Å². The zero-order chi connectivity index (χ0) is 14.7. The molecule has 0 bridgehead atoms. The standard InChI is InChI=1S/C15H21N3O2/c1-10-14(17-18(2)15(10)16)6-5-11-7-12(19-3)9-13(8-11)20-4/h7-9H,5-6,16H2,1-4H3. The summed E-state index contributed by atoms with van der Waals surface area (Å²) in [6.07, 6.45) is 1.71. The van der Waals surface area contributed by atoms with E-state index in [1.54, 1.807) is 18.9 Å². The molecule has 20 heavy (non-hydrogen) atoms. The van der Waals surface area contributed by atoms with Crippen LogP contribution in [0.1, 0.15) is 16.8 Å². The normalized spacial score (nSPS) is 10.6. The molecule has 0 aliphatic carbocycles. The van der Waals surface area contributed by atoms with E-state index in [9.17, 15) is 0 Å². The van der Waals surface area contributed by atoms with Gasteiger partial charge >= 0.3 is 0 Å². The second kappa shape index (κ2) is 5.86. The summed E-state index contributed by atoms with van der Waals surface area (Å²) < 4.78 is 12.3. The van der Waals surface area contributed by atoms with Gasteiger partial charge in [0.15, 0.2) is 0 Å². The number of methoxy groups -OCH3 is 2. The molecule has 0 atom stereocenters. The second-order valence-corrected chi connectivity index (χ2v) is 4.80. The molecule has 0 aliphatic heterocycles. The summed E-state index contributed by atoms with van der Waals surface area (Å²) in [6.45, 7) is 2.00. The number of benzene rings is 1. The van der Waals surface area contributed by atoms with Crippen LogP contribution >= 0.6 is 0 Å². The van der Waals surface area contributed by atoms with Crippen LogP contribution in [0.3, 0.4) is 0 Å². The van der Waals surface area contributed by atoms with Crippen LogP contribution in [-0.2, 0) is 19.9 Å². The number of aromatic nitrogens is 2. The lowest BCUT2D eigenvalue weighted by Gasteiger charge is -2.08. The van der Waals surface area contributed by atoms with Gasteiger partial charge in [0.2, 0.25) is 0 Å². The SMILES string of the molecule is COc1cc(CCc2nn(C)c(N)c2C)cc(OC)c1. The molecule has 5 nitrogen and oxygen atoms in total. The van der Waals surface area contributed by atoms with Crippen molar-refractivity contribution in [3.8, 4) is 11.5 Å². The zero-order valence-electron chi connectivity index (χ0n) is 12.4. The molecule has 2 aromatic rings. The molecule has 0 fully saturated rings. The van der Waals surface area contributed by atoms with Crippen LogP contribution in [0.2, 0.25) is 0 Å². The highest BCUT2D eigenvalue weighted by Gasteiger charge is 2.10. The van der Waals surface area contributed by atoms with E-state index in [0.717, 1.165) is 47.0 Å². The molecule has 0 aliphatic rings. The van der Waals surface area contributed by atoms with E-state index in [2.05, 4.69) is 5.10 Å².